The second-order valence-corrected chi connectivity index (χ2v) is 6.88. The number of para-hydroxylation sites is 1. The molecule has 1 aliphatic carbocycles. The third-order valence-electron chi connectivity index (χ3n) is 5.20. The minimum absolute atomic E-state index is 0. The Labute approximate surface area is 164 Å². The van der Waals surface area contributed by atoms with Crippen molar-refractivity contribution in [3.05, 3.63) is 23.8 Å². The lowest BCUT2D eigenvalue weighted by Gasteiger charge is -2.24. The highest BCUT2D eigenvalue weighted by molar-refractivity contribution is 5.85. The fraction of sp³-hybridized carbons (Fsp3) is 0.632. The van der Waals surface area contributed by atoms with Gasteiger partial charge in [-0.2, -0.15) is 8.78 Å². The van der Waals surface area contributed by atoms with E-state index in [0.717, 1.165) is 12.8 Å². The van der Waals surface area contributed by atoms with E-state index in [4.69, 9.17) is 4.74 Å². The minimum atomic E-state index is -2.95. The van der Waals surface area contributed by atoms with Gasteiger partial charge in [0.25, 0.3) is 0 Å². The Balaban J connectivity index is 0.00000261. The van der Waals surface area contributed by atoms with Crippen LogP contribution in [0.1, 0.15) is 44.6 Å². The zero-order valence-corrected chi connectivity index (χ0v) is 16.2. The molecule has 0 aromatic heterocycles. The zero-order chi connectivity index (χ0) is 18.5. The van der Waals surface area contributed by atoms with E-state index in [9.17, 15) is 13.6 Å². The Bertz CT molecular complexity index is 619. The number of carbonyl (C=O) groups excluding carboxylic acids is 1. The maximum Gasteiger partial charge on any atom is 0.387 e. The molecule has 1 aromatic rings. The summed E-state index contributed by atoms with van der Waals surface area (Å²) < 4.78 is 35.5. The molecule has 1 aliphatic heterocycles. The number of benzene rings is 1. The Hall–Kier alpha value is -1.60. The molecule has 8 heteroatoms. The van der Waals surface area contributed by atoms with Gasteiger partial charge in [-0.05, 0) is 38.2 Å². The first-order chi connectivity index (χ1) is 12.6. The van der Waals surface area contributed by atoms with E-state index in [-0.39, 0.29) is 42.4 Å². The monoisotopic (exact) mass is 404 g/mol. The van der Waals surface area contributed by atoms with Crippen LogP contribution in [0.3, 0.4) is 0 Å². The second-order valence-electron chi connectivity index (χ2n) is 6.88. The summed E-state index contributed by atoms with van der Waals surface area (Å²) in [5.41, 5.74) is 0.472. The van der Waals surface area contributed by atoms with Crippen LogP contribution in [0.2, 0.25) is 0 Å². The summed E-state index contributed by atoms with van der Waals surface area (Å²) in [6, 6.07) is 5.15. The third kappa shape index (κ3) is 5.45. The van der Waals surface area contributed by atoms with E-state index < -0.39 is 6.61 Å². The molecule has 27 heavy (non-hydrogen) atoms. The molecular formula is C19H27ClF2N2O3. The molecule has 1 amide bonds. The number of fused-ring (bicyclic) bond motifs is 1. The molecule has 3 rings (SSSR count). The van der Waals surface area contributed by atoms with Crippen LogP contribution in [0, 0.1) is 5.92 Å². The minimum Gasteiger partial charge on any atom is -0.490 e. The smallest absolute Gasteiger partial charge is 0.387 e. The first kappa shape index (κ1) is 21.7. The van der Waals surface area contributed by atoms with Crippen molar-refractivity contribution in [2.24, 2.45) is 5.92 Å². The van der Waals surface area contributed by atoms with Crippen molar-refractivity contribution in [2.75, 3.05) is 6.61 Å². The maximum atomic E-state index is 12.8. The van der Waals surface area contributed by atoms with Crippen LogP contribution in [-0.2, 0) is 11.3 Å². The number of alkyl halides is 2. The lowest BCUT2D eigenvalue weighted by atomic mass is 9.85. The molecule has 5 nitrogen and oxygen atoms in total. The number of halogens is 3. The van der Waals surface area contributed by atoms with Crippen LogP contribution >= 0.6 is 12.4 Å². The van der Waals surface area contributed by atoms with Gasteiger partial charge in [0.1, 0.15) is 0 Å². The predicted octanol–water partition coefficient (Wildman–Crippen LogP) is 3.65. The molecule has 1 aromatic carbocycles. The number of ether oxygens (including phenoxy) is 2. The van der Waals surface area contributed by atoms with Crippen LogP contribution in [-0.4, -0.2) is 31.2 Å². The van der Waals surface area contributed by atoms with Gasteiger partial charge in [-0.3, -0.25) is 4.79 Å². The highest BCUT2D eigenvalue weighted by atomic mass is 35.5. The standard InChI is InChI=1S/C19H26F2N2O3.ClH/c1-2-25-16-9-5-7-13(17(16)26-19(20)21)11-22-18(24)15-10-12-6-3-4-8-14(12)23-15;/h5,7,9,12,14-15,19,23H,2-4,6,8,10-11H2,1H3,(H,22,24);1H. The van der Waals surface area contributed by atoms with Gasteiger partial charge in [-0.25, -0.2) is 0 Å². The van der Waals surface area contributed by atoms with E-state index in [1.54, 1.807) is 25.1 Å². The largest absolute Gasteiger partial charge is 0.490 e. The van der Waals surface area contributed by atoms with Crippen molar-refractivity contribution in [3.8, 4) is 11.5 Å². The number of rotatable bonds is 7. The van der Waals surface area contributed by atoms with Crippen molar-refractivity contribution in [3.63, 3.8) is 0 Å². The molecule has 1 saturated heterocycles. The number of hydrogen-bond acceptors (Lipinski definition) is 4. The molecular weight excluding hydrogens is 378 g/mol. The molecule has 3 unspecified atom stereocenters. The van der Waals surface area contributed by atoms with Crippen LogP contribution in [0.5, 0.6) is 11.5 Å². The summed E-state index contributed by atoms with van der Waals surface area (Å²) in [6.45, 7) is -0.726. The van der Waals surface area contributed by atoms with Gasteiger partial charge < -0.3 is 20.1 Å². The number of amides is 1. The molecule has 1 saturated carbocycles. The average Bonchev–Trinajstić information content (AvgIpc) is 3.06. The zero-order valence-electron chi connectivity index (χ0n) is 15.4. The fourth-order valence-electron chi connectivity index (χ4n) is 4.02. The molecule has 0 bridgehead atoms. The van der Waals surface area contributed by atoms with Gasteiger partial charge in [0.05, 0.1) is 12.6 Å². The van der Waals surface area contributed by atoms with Crippen molar-refractivity contribution < 1.29 is 23.0 Å². The third-order valence-corrected chi connectivity index (χ3v) is 5.20. The van der Waals surface area contributed by atoms with Crippen molar-refractivity contribution >= 4 is 18.3 Å². The summed E-state index contributed by atoms with van der Waals surface area (Å²) in [6.07, 6.45) is 5.58. The molecule has 2 aliphatic rings. The Morgan fingerprint density at radius 2 is 2.11 bits per heavy atom. The average molecular weight is 405 g/mol. The first-order valence-electron chi connectivity index (χ1n) is 9.31. The summed E-state index contributed by atoms with van der Waals surface area (Å²) >= 11 is 0. The molecule has 152 valence electrons. The van der Waals surface area contributed by atoms with E-state index in [1.165, 1.54) is 19.3 Å². The molecule has 2 N–H and O–H groups in total. The predicted molar refractivity (Wildman–Crippen MR) is 101 cm³/mol. The van der Waals surface area contributed by atoms with E-state index in [2.05, 4.69) is 15.4 Å². The second kappa shape index (κ2) is 10.1. The summed E-state index contributed by atoms with van der Waals surface area (Å²) in [5, 5.41) is 6.27. The van der Waals surface area contributed by atoms with Crippen molar-refractivity contribution in [1.29, 1.82) is 0 Å². The van der Waals surface area contributed by atoms with Gasteiger partial charge >= 0.3 is 6.61 Å². The van der Waals surface area contributed by atoms with Crippen molar-refractivity contribution in [2.45, 2.75) is 64.3 Å². The van der Waals surface area contributed by atoms with E-state index in [0.29, 0.717) is 24.1 Å². The highest BCUT2D eigenvalue weighted by Gasteiger charge is 2.38. The highest BCUT2D eigenvalue weighted by Crippen LogP contribution is 2.34. The lowest BCUT2D eigenvalue weighted by Crippen LogP contribution is -2.42. The van der Waals surface area contributed by atoms with Crippen LogP contribution in [0.15, 0.2) is 18.2 Å². The Morgan fingerprint density at radius 3 is 2.81 bits per heavy atom. The van der Waals surface area contributed by atoms with Gasteiger partial charge in [0.15, 0.2) is 11.5 Å². The summed E-state index contributed by atoms with van der Waals surface area (Å²) in [7, 11) is 0. The number of nitrogens with one attached hydrogen (secondary N) is 2. The molecule has 1 heterocycles. The topological polar surface area (TPSA) is 59.6 Å². The van der Waals surface area contributed by atoms with Gasteiger partial charge in [0.2, 0.25) is 5.91 Å². The van der Waals surface area contributed by atoms with Crippen LogP contribution in [0.4, 0.5) is 8.78 Å². The maximum absolute atomic E-state index is 12.8. The summed E-state index contributed by atoms with van der Waals surface area (Å²) in [4.78, 5) is 12.5. The quantitative estimate of drug-likeness (QED) is 0.728. The SMILES string of the molecule is CCOc1cccc(CNC(=O)C2CC3CCCCC3N2)c1OC(F)F.Cl. The molecule has 3 atom stereocenters. The van der Waals surface area contributed by atoms with Crippen LogP contribution < -0.4 is 20.1 Å². The van der Waals surface area contributed by atoms with E-state index >= 15 is 0 Å². The van der Waals surface area contributed by atoms with Crippen molar-refractivity contribution in [1.82, 2.24) is 10.6 Å². The molecule has 0 spiro atoms. The van der Waals surface area contributed by atoms with Gasteiger partial charge in [0, 0.05) is 18.2 Å². The van der Waals surface area contributed by atoms with Gasteiger partial charge in [-0.1, -0.05) is 25.0 Å². The normalized spacial score (nSPS) is 24.1. The lowest BCUT2D eigenvalue weighted by molar-refractivity contribution is -0.123. The number of hydrogen-bond donors (Lipinski definition) is 2. The Morgan fingerprint density at radius 1 is 1.33 bits per heavy atom. The first-order valence-corrected chi connectivity index (χ1v) is 9.31. The van der Waals surface area contributed by atoms with E-state index in [1.807, 2.05) is 0 Å². The summed E-state index contributed by atoms with van der Waals surface area (Å²) in [5.74, 6) is 0.713. The Kier molecular flexibility index (Phi) is 8.10. The van der Waals surface area contributed by atoms with Crippen LogP contribution in [0.25, 0.3) is 0 Å². The molecule has 2 fully saturated rings. The molecule has 0 radical (unpaired) electrons. The van der Waals surface area contributed by atoms with Gasteiger partial charge in [-0.15, -0.1) is 12.4 Å². The fourth-order valence-corrected chi connectivity index (χ4v) is 4.02. The number of carbonyl (C=O) groups is 1.